The Morgan fingerprint density at radius 1 is 0.950 bits per heavy atom. The zero-order valence-electron chi connectivity index (χ0n) is 10.8. The normalized spacial score (nSPS) is 9.90. The van der Waals surface area contributed by atoms with Gasteiger partial charge in [0.25, 0.3) is 5.91 Å². The number of nitrogens with one attached hydrogen (secondary N) is 2. The van der Waals surface area contributed by atoms with Crippen molar-refractivity contribution in [3.05, 3.63) is 59.1 Å². The predicted molar refractivity (Wildman–Crippen MR) is 80.2 cm³/mol. The minimum absolute atomic E-state index is 0.161. The third kappa shape index (κ3) is 3.83. The Bertz CT molecular complexity index is 639. The summed E-state index contributed by atoms with van der Waals surface area (Å²) in [5.74, 6) is -0.396. The molecule has 0 aliphatic rings. The molecule has 2 aromatic rings. The van der Waals surface area contributed by atoms with Gasteiger partial charge in [-0.15, -0.1) is 0 Å². The summed E-state index contributed by atoms with van der Waals surface area (Å²) in [5.41, 5.74) is 1.75. The largest absolute Gasteiger partial charge is 0.326 e. The van der Waals surface area contributed by atoms with Crippen molar-refractivity contribution in [2.45, 2.75) is 6.92 Å². The van der Waals surface area contributed by atoms with E-state index >= 15 is 0 Å². The molecule has 2 amide bonds. The lowest BCUT2D eigenvalue weighted by molar-refractivity contribution is -0.114. The van der Waals surface area contributed by atoms with Crippen molar-refractivity contribution in [3.8, 4) is 0 Å². The molecule has 2 rings (SSSR count). The van der Waals surface area contributed by atoms with Crippen LogP contribution < -0.4 is 10.6 Å². The predicted octanol–water partition coefficient (Wildman–Crippen LogP) is 3.55. The Balaban J connectivity index is 2.11. The fraction of sp³-hybridized carbons (Fsp3) is 0.0667. The number of carbonyl (C=O) groups is 2. The smallest absolute Gasteiger partial charge is 0.255 e. The number of benzene rings is 2. The van der Waals surface area contributed by atoms with Crippen LogP contribution in [0.5, 0.6) is 0 Å². The second-order valence-corrected chi connectivity index (χ2v) is 4.66. The van der Waals surface area contributed by atoms with Crippen LogP contribution in [0.2, 0.25) is 5.02 Å². The first kappa shape index (κ1) is 14.1. The van der Waals surface area contributed by atoms with Gasteiger partial charge in [0.15, 0.2) is 0 Å². The second-order valence-electron chi connectivity index (χ2n) is 4.22. The summed E-state index contributed by atoms with van der Waals surface area (Å²) in [5, 5.41) is 5.99. The van der Waals surface area contributed by atoms with Crippen LogP contribution in [0.15, 0.2) is 48.5 Å². The zero-order valence-corrected chi connectivity index (χ0v) is 11.6. The van der Waals surface area contributed by atoms with Crippen LogP contribution in [0.3, 0.4) is 0 Å². The lowest BCUT2D eigenvalue weighted by atomic mass is 10.2. The Hall–Kier alpha value is -2.33. The molecule has 0 saturated heterocycles. The SMILES string of the molecule is CC(=O)Nc1cccc(NC(=O)c2ccc(Cl)cc2)c1. The lowest BCUT2D eigenvalue weighted by Gasteiger charge is -2.08. The first-order chi connectivity index (χ1) is 9.54. The van der Waals surface area contributed by atoms with Crippen molar-refractivity contribution in [1.82, 2.24) is 0 Å². The van der Waals surface area contributed by atoms with Crippen LogP contribution >= 0.6 is 11.6 Å². The van der Waals surface area contributed by atoms with Crippen LogP contribution in [-0.2, 0) is 4.79 Å². The number of amides is 2. The summed E-state index contributed by atoms with van der Waals surface area (Å²) in [6.45, 7) is 1.43. The van der Waals surface area contributed by atoms with Gasteiger partial charge in [-0.05, 0) is 42.5 Å². The maximum atomic E-state index is 12.0. The molecule has 2 aromatic carbocycles. The average molecular weight is 289 g/mol. The molecule has 0 saturated carbocycles. The molecule has 2 N–H and O–H groups in total. The van der Waals surface area contributed by atoms with E-state index in [1.165, 1.54) is 6.92 Å². The fourth-order valence-corrected chi connectivity index (χ4v) is 1.81. The van der Waals surface area contributed by atoms with E-state index in [1.54, 1.807) is 48.5 Å². The summed E-state index contributed by atoms with van der Waals surface area (Å²) in [7, 11) is 0. The maximum absolute atomic E-state index is 12.0. The minimum atomic E-state index is -0.235. The topological polar surface area (TPSA) is 58.2 Å². The minimum Gasteiger partial charge on any atom is -0.326 e. The molecule has 0 unspecified atom stereocenters. The molecule has 0 aliphatic carbocycles. The molecule has 102 valence electrons. The highest BCUT2D eigenvalue weighted by atomic mass is 35.5. The fourth-order valence-electron chi connectivity index (χ4n) is 1.68. The molecule has 0 atom stereocenters. The van der Waals surface area contributed by atoms with E-state index in [0.29, 0.717) is 22.0 Å². The molecule has 0 aromatic heterocycles. The number of hydrogen-bond acceptors (Lipinski definition) is 2. The van der Waals surface area contributed by atoms with Gasteiger partial charge in [-0.3, -0.25) is 9.59 Å². The van der Waals surface area contributed by atoms with Gasteiger partial charge in [0, 0.05) is 28.9 Å². The second kappa shape index (κ2) is 6.21. The number of anilines is 2. The van der Waals surface area contributed by atoms with Crippen molar-refractivity contribution in [2.75, 3.05) is 10.6 Å². The van der Waals surface area contributed by atoms with Gasteiger partial charge in [-0.2, -0.15) is 0 Å². The summed E-state index contributed by atoms with van der Waals surface area (Å²) in [6, 6.07) is 13.6. The number of halogens is 1. The molecule has 0 fully saturated rings. The first-order valence-corrected chi connectivity index (χ1v) is 6.37. The number of carbonyl (C=O) groups excluding carboxylic acids is 2. The standard InChI is InChI=1S/C15H13ClN2O2/c1-10(19)17-13-3-2-4-14(9-13)18-15(20)11-5-7-12(16)8-6-11/h2-9H,1H3,(H,17,19)(H,18,20). The van der Waals surface area contributed by atoms with Crippen LogP contribution in [0.1, 0.15) is 17.3 Å². The van der Waals surface area contributed by atoms with Gasteiger partial charge in [0.2, 0.25) is 5.91 Å². The van der Waals surface area contributed by atoms with Gasteiger partial charge in [-0.25, -0.2) is 0 Å². The van der Waals surface area contributed by atoms with E-state index < -0.39 is 0 Å². The van der Waals surface area contributed by atoms with Gasteiger partial charge >= 0.3 is 0 Å². The molecule has 5 heteroatoms. The van der Waals surface area contributed by atoms with Crippen molar-refractivity contribution >= 4 is 34.8 Å². The van der Waals surface area contributed by atoms with Gasteiger partial charge < -0.3 is 10.6 Å². The molecular formula is C15H13ClN2O2. The van der Waals surface area contributed by atoms with Gasteiger partial charge in [-0.1, -0.05) is 17.7 Å². The Kier molecular flexibility index (Phi) is 4.38. The Labute approximate surface area is 121 Å². The highest BCUT2D eigenvalue weighted by Gasteiger charge is 2.06. The Morgan fingerprint density at radius 3 is 2.15 bits per heavy atom. The molecule has 0 heterocycles. The molecule has 20 heavy (non-hydrogen) atoms. The summed E-state index contributed by atoms with van der Waals surface area (Å²) < 4.78 is 0. The Morgan fingerprint density at radius 2 is 1.55 bits per heavy atom. The molecule has 0 bridgehead atoms. The van der Waals surface area contributed by atoms with E-state index in [9.17, 15) is 9.59 Å². The molecule has 0 aliphatic heterocycles. The van der Waals surface area contributed by atoms with Crippen molar-refractivity contribution in [3.63, 3.8) is 0 Å². The van der Waals surface area contributed by atoms with Crippen molar-refractivity contribution in [1.29, 1.82) is 0 Å². The summed E-state index contributed by atoms with van der Waals surface area (Å²) in [6.07, 6.45) is 0. The van der Waals surface area contributed by atoms with Crippen LogP contribution in [0.4, 0.5) is 11.4 Å². The molecule has 0 radical (unpaired) electrons. The monoisotopic (exact) mass is 288 g/mol. The summed E-state index contributed by atoms with van der Waals surface area (Å²) >= 11 is 5.77. The maximum Gasteiger partial charge on any atom is 0.255 e. The van der Waals surface area contributed by atoms with E-state index in [-0.39, 0.29) is 11.8 Å². The van der Waals surface area contributed by atoms with Gasteiger partial charge in [0.1, 0.15) is 0 Å². The van der Waals surface area contributed by atoms with Crippen molar-refractivity contribution in [2.24, 2.45) is 0 Å². The number of rotatable bonds is 3. The highest BCUT2D eigenvalue weighted by molar-refractivity contribution is 6.30. The molecular weight excluding hydrogens is 276 g/mol. The highest BCUT2D eigenvalue weighted by Crippen LogP contribution is 2.17. The lowest BCUT2D eigenvalue weighted by Crippen LogP contribution is -2.12. The van der Waals surface area contributed by atoms with E-state index in [2.05, 4.69) is 10.6 Å². The van der Waals surface area contributed by atoms with E-state index in [0.717, 1.165) is 0 Å². The van der Waals surface area contributed by atoms with E-state index in [4.69, 9.17) is 11.6 Å². The zero-order chi connectivity index (χ0) is 14.5. The van der Waals surface area contributed by atoms with Gasteiger partial charge in [0.05, 0.1) is 0 Å². The third-order valence-corrected chi connectivity index (χ3v) is 2.80. The van der Waals surface area contributed by atoms with Crippen LogP contribution in [0, 0.1) is 0 Å². The molecule has 4 nitrogen and oxygen atoms in total. The summed E-state index contributed by atoms with van der Waals surface area (Å²) in [4.78, 5) is 23.0. The molecule has 0 spiro atoms. The number of hydrogen-bond donors (Lipinski definition) is 2. The third-order valence-electron chi connectivity index (χ3n) is 2.55. The van der Waals surface area contributed by atoms with E-state index in [1.807, 2.05) is 0 Å². The average Bonchev–Trinajstić information content (AvgIpc) is 2.39. The quantitative estimate of drug-likeness (QED) is 0.907. The van der Waals surface area contributed by atoms with Crippen molar-refractivity contribution < 1.29 is 9.59 Å². The van der Waals surface area contributed by atoms with Crippen LogP contribution in [0.25, 0.3) is 0 Å². The van der Waals surface area contributed by atoms with Crippen LogP contribution in [-0.4, -0.2) is 11.8 Å². The first-order valence-electron chi connectivity index (χ1n) is 5.99.